The molecule has 176 valence electrons. The van der Waals surface area contributed by atoms with Crippen molar-refractivity contribution in [2.45, 2.75) is 25.1 Å². The van der Waals surface area contributed by atoms with Gasteiger partial charge in [-0.25, -0.2) is 4.79 Å². The highest BCUT2D eigenvalue weighted by Gasteiger charge is 2.42. The summed E-state index contributed by atoms with van der Waals surface area (Å²) in [4.78, 5) is 25.0. The van der Waals surface area contributed by atoms with E-state index in [0.29, 0.717) is 5.56 Å². The Balaban J connectivity index is 1.66. The number of benzene rings is 3. The Hall–Kier alpha value is -3.65. The van der Waals surface area contributed by atoms with Gasteiger partial charge in [-0.05, 0) is 47.9 Å². The number of aliphatic hydroxyl groups is 1. The van der Waals surface area contributed by atoms with E-state index in [-0.39, 0.29) is 36.5 Å². The molecule has 1 heterocycles. The molecule has 0 aromatic heterocycles. The summed E-state index contributed by atoms with van der Waals surface area (Å²) in [6, 6.07) is 16.7. The first kappa shape index (κ1) is 23.5. The van der Waals surface area contributed by atoms with Crippen LogP contribution in [0.15, 0.2) is 66.7 Å². The van der Waals surface area contributed by atoms with Crippen LogP contribution < -0.4 is 4.74 Å². The lowest BCUT2D eigenvalue weighted by atomic mass is 9.84. The molecule has 1 aliphatic rings. The minimum Gasteiger partial charge on any atom is -0.489 e. The highest BCUT2D eigenvalue weighted by Crippen LogP contribution is 2.38. The number of carbonyl (C=O) groups is 2. The number of alkyl halides is 3. The maximum absolute atomic E-state index is 13.6. The van der Waals surface area contributed by atoms with E-state index in [4.69, 9.17) is 9.47 Å². The number of rotatable bonds is 5. The molecule has 0 saturated carbocycles. The number of fused-ring (bicyclic) bond motifs is 1. The average Bonchev–Trinajstić information content (AvgIpc) is 2.81. The summed E-state index contributed by atoms with van der Waals surface area (Å²) in [7, 11) is 0. The standard InChI is InChI=1S/C26H21F3O5/c1-2-33-24(31)19-10-8-17(12-21(19)26(27,28)29)18-9-11-20-22(13-18)34-15-25(32,23(20)30)14-16-6-4-3-5-7-16/h3-13,32H,2,14-15H2,1H3. The maximum atomic E-state index is 13.6. The summed E-state index contributed by atoms with van der Waals surface area (Å²) in [5.41, 5.74) is -1.98. The molecule has 1 aliphatic heterocycles. The number of hydrogen-bond donors (Lipinski definition) is 1. The lowest BCUT2D eigenvalue weighted by molar-refractivity contribution is -0.138. The van der Waals surface area contributed by atoms with Crippen molar-refractivity contribution in [1.29, 1.82) is 0 Å². The first-order chi connectivity index (χ1) is 16.1. The van der Waals surface area contributed by atoms with Crippen LogP contribution in [0.2, 0.25) is 0 Å². The van der Waals surface area contributed by atoms with Gasteiger partial charge >= 0.3 is 12.1 Å². The Kier molecular flexibility index (Phi) is 6.18. The third-order valence-corrected chi connectivity index (χ3v) is 5.61. The average molecular weight is 470 g/mol. The molecular weight excluding hydrogens is 449 g/mol. The molecule has 8 heteroatoms. The van der Waals surface area contributed by atoms with Crippen molar-refractivity contribution >= 4 is 11.8 Å². The van der Waals surface area contributed by atoms with Gasteiger partial charge in [0.05, 0.1) is 23.3 Å². The molecule has 0 spiro atoms. The zero-order chi connectivity index (χ0) is 24.5. The summed E-state index contributed by atoms with van der Waals surface area (Å²) in [6.45, 7) is 1.17. The predicted molar refractivity (Wildman–Crippen MR) is 118 cm³/mol. The van der Waals surface area contributed by atoms with Crippen LogP contribution in [-0.4, -0.2) is 35.7 Å². The second kappa shape index (κ2) is 8.95. The van der Waals surface area contributed by atoms with Crippen LogP contribution in [0.4, 0.5) is 13.2 Å². The number of halogens is 3. The molecule has 0 aliphatic carbocycles. The van der Waals surface area contributed by atoms with Crippen LogP contribution in [0, 0.1) is 0 Å². The quantitative estimate of drug-likeness (QED) is 0.526. The van der Waals surface area contributed by atoms with Crippen molar-refractivity contribution in [3.8, 4) is 16.9 Å². The second-order valence-corrected chi connectivity index (χ2v) is 8.00. The number of hydrogen-bond acceptors (Lipinski definition) is 5. The van der Waals surface area contributed by atoms with E-state index in [1.807, 2.05) is 6.07 Å². The van der Waals surface area contributed by atoms with Crippen molar-refractivity contribution in [2.24, 2.45) is 0 Å². The second-order valence-electron chi connectivity index (χ2n) is 8.00. The van der Waals surface area contributed by atoms with Crippen molar-refractivity contribution in [3.63, 3.8) is 0 Å². The van der Waals surface area contributed by atoms with Gasteiger partial charge in [-0.2, -0.15) is 13.2 Å². The first-order valence-corrected chi connectivity index (χ1v) is 10.6. The molecule has 3 aromatic rings. The van der Waals surface area contributed by atoms with Crippen molar-refractivity contribution in [2.75, 3.05) is 13.2 Å². The van der Waals surface area contributed by atoms with E-state index >= 15 is 0 Å². The SMILES string of the molecule is CCOC(=O)c1ccc(-c2ccc3c(c2)OCC(O)(Cc2ccccc2)C3=O)cc1C(F)(F)F. The normalized spacial score (nSPS) is 17.6. The van der Waals surface area contributed by atoms with E-state index in [0.717, 1.165) is 17.7 Å². The summed E-state index contributed by atoms with van der Waals surface area (Å²) in [5.74, 6) is -1.40. The molecule has 1 atom stereocenters. The summed E-state index contributed by atoms with van der Waals surface area (Å²) in [6.07, 6.45) is -4.70. The van der Waals surface area contributed by atoms with Crippen LogP contribution in [0.1, 0.15) is 38.8 Å². The molecular formula is C26H21F3O5. The summed E-state index contributed by atoms with van der Waals surface area (Å²) < 4.78 is 51.3. The van der Waals surface area contributed by atoms with Crippen LogP contribution >= 0.6 is 0 Å². The van der Waals surface area contributed by atoms with E-state index in [1.54, 1.807) is 24.3 Å². The Morgan fingerprint density at radius 2 is 1.74 bits per heavy atom. The molecule has 0 bridgehead atoms. The van der Waals surface area contributed by atoms with Gasteiger partial charge in [0.15, 0.2) is 5.60 Å². The zero-order valence-electron chi connectivity index (χ0n) is 18.2. The van der Waals surface area contributed by atoms with E-state index in [1.165, 1.54) is 31.2 Å². The van der Waals surface area contributed by atoms with Gasteiger partial charge in [0.1, 0.15) is 12.4 Å². The van der Waals surface area contributed by atoms with Crippen molar-refractivity contribution in [1.82, 2.24) is 0 Å². The van der Waals surface area contributed by atoms with Crippen LogP contribution in [0.3, 0.4) is 0 Å². The van der Waals surface area contributed by atoms with Gasteiger partial charge in [0.25, 0.3) is 0 Å². The molecule has 5 nitrogen and oxygen atoms in total. The highest BCUT2D eigenvalue weighted by atomic mass is 19.4. The molecule has 0 amide bonds. The van der Waals surface area contributed by atoms with Crippen LogP contribution in [-0.2, 0) is 17.3 Å². The third kappa shape index (κ3) is 4.54. The number of esters is 1. The molecule has 3 aromatic carbocycles. The number of ketones is 1. The third-order valence-electron chi connectivity index (χ3n) is 5.61. The molecule has 4 rings (SSSR count). The number of Topliss-reactive ketones (excluding diaryl/α,β-unsaturated/α-hetero) is 1. The van der Waals surface area contributed by atoms with Crippen molar-refractivity contribution in [3.05, 3.63) is 89.0 Å². The van der Waals surface area contributed by atoms with E-state index in [2.05, 4.69) is 0 Å². The van der Waals surface area contributed by atoms with Gasteiger partial charge in [0.2, 0.25) is 5.78 Å². The lowest BCUT2D eigenvalue weighted by Crippen LogP contribution is -2.49. The molecule has 0 saturated heterocycles. The Morgan fingerprint density at radius 3 is 2.41 bits per heavy atom. The molecule has 1 N–H and O–H groups in total. The number of ether oxygens (including phenoxy) is 2. The molecule has 0 radical (unpaired) electrons. The Morgan fingerprint density at radius 1 is 1.06 bits per heavy atom. The minimum atomic E-state index is -4.77. The monoisotopic (exact) mass is 470 g/mol. The fourth-order valence-electron chi connectivity index (χ4n) is 3.93. The van der Waals surface area contributed by atoms with Gasteiger partial charge in [-0.3, -0.25) is 4.79 Å². The largest absolute Gasteiger partial charge is 0.489 e. The Labute approximate surface area is 193 Å². The topological polar surface area (TPSA) is 72.8 Å². The van der Waals surface area contributed by atoms with Gasteiger partial charge in [-0.15, -0.1) is 0 Å². The van der Waals surface area contributed by atoms with E-state index < -0.39 is 34.7 Å². The van der Waals surface area contributed by atoms with Crippen LogP contribution in [0.5, 0.6) is 5.75 Å². The fourth-order valence-corrected chi connectivity index (χ4v) is 3.93. The van der Waals surface area contributed by atoms with E-state index in [9.17, 15) is 27.9 Å². The lowest BCUT2D eigenvalue weighted by Gasteiger charge is -2.32. The maximum Gasteiger partial charge on any atom is 0.417 e. The first-order valence-electron chi connectivity index (χ1n) is 10.6. The van der Waals surface area contributed by atoms with Gasteiger partial charge in [0, 0.05) is 6.42 Å². The summed E-state index contributed by atoms with van der Waals surface area (Å²) >= 11 is 0. The zero-order valence-corrected chi connectivity index (χ0v) is 18.2. The van der Waals surface area contributed by atoms with Crippen LogP contribution in [0.25, 0.3) is 11.1 Å². The van der Waals surface area contributed by atoms with Crippen molar-refractivity contribution < 1.29 is 37.3 Å². The van der Waals surface area contributed by atoms with Gasteiger partial charge < -0.3 is 14.6 Å². The summed E-state index contributed by atoms with van der Waals surface area (Å²) in [5, 5.41) is 10.9. The smallest absolute Gasteiger partial charge is 0.417 e. The highest BCUT2D eigenvalue weighted by molar-refractivity contribution is 6.06. The minimum absolute atomic E-state index is 0.0509. The number of carbonyl (C=O) groups excluding carboxylic acids is 2. The fraction of sp³-hybridized carbons (Fsp3) is 0.231. The molecule has 34 heavy (non-hydrogen) atoms. The molecule has 1 unspecified atom stereocenters. The predicted octanol–water partition coefficient (Wildman–Crippen LogP) is 5.10. The molecule has 0 fully saturated rings. The van der Waals surface area contributed by atoms with Gasteiger partial charge in [-0.1, -0.05) is 42.5 Å². The Bertz CT molecular complexity index is 1240.